The molecule has 1 aromatic heterocycles. The Kier molecular flexibility index (Phi) is 5.83. The van der Waals surface area contributed by atoms with E-state index in [1.807, 2.05) is 0 Å². The van der Waals surface area contributed by atoms with Crippen LogP contribution in [0.5, 0.6) is 0 Å². The number of aliphatic hydroxyl groups is 1. The van der Waals surface area contributed by atoms with Crippen molar-refractivity contribution in [3.63, 3.8) is 0 Å². The third-order valence-electron chi connectivity index (χ3n) is 7.88. The number of hydrogen-bond acceptors (Lipinski definition) is 10. The van der Waals surface area contributed by atoms with Crippen molar-refractivity contribution in [2.75, 3.05) is 14.2 Å². The number of ether oxygens (including phenoxy) is 4. The molecule has 1 spiro atoms. The number of esters is 4. The van der Waals surface area contributed by atoms with Crippen molar-refractivity contribution in [2.24, 2.45) is 16.7 Å². The van der Waals surface area contributed by atoms with Gasteiger partial charge in [0.2, 0.25) is 5.60 Å². The fraction of sp³-hybridized carbons (Fsp3) is 0.583. The van der Waals surface area contributed by atoms with Crippen LogP contribution in [0.4, 0.5) is 0 Å². The molecule has 1 aliphatic heterocycles. The Morgan fingerprint density at radius 1 is 1.15 bits per heavy atom. The zero-order valence-corrected chi connectivity index (χ0v) is 19.5. The highest BCUT2D eigenvalue weighted by Gasteiger charge is 2.78. The highest BCUT2D eigenvalue weighted by molar-refractivity contribution is 5.95. The maximum Gasteiger partial charge on any atom is 0.343 e. The van der Waals surface area contributed by atoms with Crippen LogP contribution >= 0.6 is 0 Å². The molecule has 2 fully saturated rings. The predicted octanol–water partition coefficient (Wildman–Crippen LogP) is 2.01. The summed E-state index contributed by atoms with van der Waals surface area (Å²) in [6, 6.07) is 1.69. The van der Waals surface area contributed by atoms with Gasteiger partial charge in [-0.2, -0.15) is 0 Å². The molecular weight excluding hydrogens is 448 g/mol. The topological polar surface area (TPSA) is 139 Å². The highest BCUT2D eigenvalue weighted by atomic mass is 16.6. The molecule has 0 amide bonds. The number of rotatable bonds is 4. The van der Waals surface area contributed by atoms with Crippen molar-refractivity contribution in [3.05, 3.63) is 35.8 Å². The molecule has 0 aromatic carbocycles. The molecule has 0 bridgehead atoms. The SMILES string of the molecule is COC(=O)[C@@]1(O)[C@@H](OC(C)=O)CC[C@@H]2[C@@]3(C[C@H](c4ccoc4)OC3=O)C(C)=CC[C@]21C(=O)OC. The molecule has 1 saturated carbocycles. The van der Waals surface area contributed by atoms with Crippen molar-refractivity contribution in [1.82, 2.24) is 0 Å². The lowest BCUT2D eigenvalue weighted by Crippen LogP contribution is -2.73. The van der Waals surface area contributed by atoms with E-state index in [-0.39, 0.29) is 25.7 Å². The Balaban J connectivity index is 1.93. The molecule has 10 heteroatoms. The summed E-state index contributed by atoms with van der Waals surface area (Å²) in [7, 11) is 2.21. The summed E-state index contributed by atoms with van der Waals surface area (Å²) >= 11 is 0. The Hall–Kier alpha value is -3.14. The van der Waals surface area contributed by atoms with E-state index >= 15 is 0 Å². The minimum absolute atomic E-state index is 0.0211. The minimum Gasteiger partial charge on any atom is -0.472 e. The first-order chi connectivity index (χ1) is 16.1. The summed E-state index contributed by atoms with van der Waals surface area (Å²) in [5.41, 5.74) is -4.55. The molecule has 0 radical (unpaired) electrons. The van der Waals surface area contributed by atoms with E-state index in [4.69, 9.17) is 23.4 Å². The molecule has 2 heterocycles. The summed E-state index contributed by atoms with van der Waals surface area (Å²) in [5, 5.41) is 12.0. The van der Waals surface area contributed by atoms with Gasteiger partial charge in [0.05, 0.1) is 32.2 Å². The molecule has 10 nitrogen and oxygen atoms in total. The lowest BCUT2D eigenvalue weighted by atomic mass is 9.44. The van der Waals surface area contributed by atoms with Gasteiger partial charge in [-0.05, 0) is 38.2 Å². The molecule has 2 aliphatic carbocycles. The fourth-order valence-corrected chi connectivity index (χ4v) is 6.34. The van der Waals surface area contributed by atoms with Crippen LogP contribution in [0.2, 0.25) is 0 Å². The van der Waals surface area contributed by atoms with Crippen LogP contribution < -0.4 is 0 Å². The van der Waals surface area contributed by atoms with Gasteiger partial charge in [0.15, 0.2) is 0 Å². The largest absolute Gasteiger partial charge is 0.472 e. The van der Waals surface area contributed by atoms with Crippen molar-refractivity contribution in [2.45, 2.75) is 57.3 Å². The second kappa shape index (κ2) is 8.26. The van der Waals surface area contributed by atoms with E-state index in [9.17, 15) is 24.3 Å². The predicted molar refractivity (Wildman–Crippen MR) is 113 cm³/mol. The van der Waals surface area contributed by atoms with Crippen LogP contribution in [0.1, 0.15) is 51.2 Å². The van der Waals surface area contributed by atoms with Crippen molar-refractivity contribution < 1.29 is 47.6 Å². The van der Waals surface area contributed by atoms with Crippen LogP contribution in [0, 0.1) is 16.7 Å². The van der Waals surface area contributed by atoms with E-state index < -0.39 is 58.4 Å². The van der Waals surface area contributed by atoms with Crippen LogP contribution in [-0.2, 0) is 38.1 Å². The molecule has 184 valence electrons. The highest BCUT2D eigenvalue weighted by Crippen LogP contribution is 2.67. The van der Waals surface area contributed by atoms with E-state index in [0.29, 0.717) is 11.1 Å². The number of fused-ring (bicyclic) bond motifs is 2. The van der Waals surface area contributed by atoms with Gasteiger partial charge in [0.1, 0.15) is 17.6 Å². The summed E-state index contributed by atoms with van der Waals surface area (Å²) < 4.78 is 26.3. The van der Waals surface area contributed by atoms with Gasteiger partial charge in [-0.15, -0.1) is 0 Å². The second-order valence-electron chi connectivity index (χ2n) is 9.17. The number of carbonyl (C=O) groups excluding carboxylic acids is 4. The molecule has 1 N–H and O–H groups in total. The quantitative estimate of drug-likeness (QED) is 0.390. The average Bonchev–Trinajstić information content (AvgIpc) is 3.46. The maximum atomic E-state index is 13.6. The summed E-state index contributed by atoms with van der Waals surface area (Å²) in [4.78, 5) is 52.1. The summed E-state index contributed by atoms with van der Waals surface area (Å²) in [6.07, 6.45) is 2.84. The lowest BCUT2D eigenvalue weighted by molar-refractivity contribution is -0.247. The van der Waals surface area contributed by atoms with Gasteiger partial charge in [-0.3, -0.25) is 14.4 Å². The Morgan fingerprint density at radius 3 is 2.44 bits per heavy atom. The number of methoxy groups -OCH3 is 2. The van der Waals surface area contributed by atoms with Crippen LogP contribution in [0.15, 0.2) is 34.7 Å². The number of hydrogen-bond donors (Lipinski definition) is 1. The van der Waals surface area contributed by atoms with Crippen LogP contribution in [0.25, 0.3) is 0 Å². The average molecular weight is 476 g/mol. The van der Waals surface area contributed by atoms with Gasteiger partial charge in [0, 0.05) is 18.9 Å². The minimum atomic E-state index is -2.60. The molecule has 34 heavy (non-hydrogen) atoms. The molecule has 1 saturated heterocycles. The zero-order valence-electron chi connectivity index (χ0n) is 19.5. The van der Waals surface area contributed by atoms with E-state index in [0.717, 1.165) is 21.1 Å². The number of allylic oxidation sites excluding steroid dienone is 1. The summed E-state index contributed by atoms with van der Waals surface area (Å²) in [5.74, 6) is -4.23. The zero-order chi connectivity index (χ0) is 24.9. The van der Waals surface area contributed by atoms with Gasteiger partial charge in [-0.1, -0.05) is 11.6 Å². The third-order valence-corrected chi connectivity index (χ3v) is 7.88. The van der Waals surface area contributed by atoms with Crippen molar-refractivity contribution >= 4 is 23.9 Å². The first-order valence-electron chi connectivity index (χ1n) is 11.1. The fourth-order valence-electron chi connectivity index (χ4n) is 6.34. The third kappa shape index (κ3) is 2.97. The maximum absolute atomic E-state index is 13.6. The van der Waals surface area contributed by atoms with Gasteiger partial charge >= 0.3 is 23.9 Å². The Morgan fingerprint density at radius 2 is 1.85 bits per heavy atom. The number of cyclic esters (lactones) is 1. The molecule has 3 aliphatic rings. The monoisotopic (exact) mass is 476 g/mol. The van der Waals surface area contributed by atoms with Gasteiger partial charge < -0.3 is 28.5 Å². The van der Waals surface area contributed by atoms with E-state index in [2.05, 4.69) is 0 Å². The Labute approximate surface area is 196 Å². The molecule has 1 aromatic rings. The summed E-state index contributed by atoms with van der Waals surface area (Å²) in [6.45, 7) is 2.92. The first kappa shape index (κ1) is 24.0. The number of furan rings is 1. The van der Waals surface area contributed by atoms with Crippen molar-refractivity contribution in [3.8, 4) is 0 Å². The second-order valence-corrected chi connectivity index (χ2v) is 9.17. The molecule has 0 unspecified atom stereocenters. The smallest absolute Gasteiger partial charge is 0.343 e. The molecule has 6 atom stereocenters. The number of carbonyl (C=O) groups is 4. The van der Waals surface area contributed by atoms with E-state index in [1.165, 1.54) is 12.5 Å². The normalized spacial score (nSPS) is 36.8. The van der Waals surface area contributed by atoms with Gasteiger partial charge in [0.25, 0.3) is 0 Å². The van der Waals surface area contributed by atoms with Crippen LogP contribution in [-0.4, -0.2) is 54.9 Å². The molecule has 4 rings (SSSR count). The van der Waals surface area contributed by atoms with Crippen molar-refractivity contribution in [1.29, 1.82) is 0 Å². The van der Waals surface area contributed by atoms with Gasteiger partial charge in [-0.25, -0.2) is 4.79 Å². The molecular formula is C24H28O10. The first-order valence-corrected chi connectivity index (χ1v) is 11.1. The van der Waals surface area contributed by atoms with Crippen LogP contribution in [0.3, 0.4) is 0 Å². The lowest BCUT2D eigenvalue weighted by Gasteiger charge is -2.58. The van der Waals surface area contributed by atoms with E-state index in [1.54, 1.807) is 19.1 Å². The Bertz CT molecular complexity index is 1040. The standard InChI is InChI=1S/C24H28O10/c1-13-7-9-23(20(27)30-3)17(5-6-18(33-14(2)25)24(23,29)21(28)31-4)22(13)11-16(34-19(22)26)15-8-10-32-12-15/h7-8,10,12,16-18,29H,5-6,9,11H2,1-4H3/t16-,17-,18+,22-,23-,24+/m1/s1.